The van der Waals surface area contributed by atoms with Crippen LogP contribution in [0.2, 0.25) is 5.15 Å². The van der Waals surface area contributed by atoms with E-state index in [1.165, 1.54) is 36.7 Å². The molecule has 0 unspecified atom stereocenters. The van der Waals surface area contributed by atoms with Gasteiger partial charge in [0, 0.05) is 24.0 Å². The second-order valence-corrected chi connectivity index (χ2v) is 5.80. The Bertz CT molecular complexity index is 947. The average Bonchev–Trinajstić information content (AvgIpc) is 2.68. The van der Waals surface area contributed by atoms with Crippen molar-refractivity contribution in [1.29, 1.82) is 0 Å². The third-order valence-electron chi connectivity index (χ3n) is 3.40. The van der Waals surface area contributed by atoms with Gasteiger partial charge in [0.15, 0.2) is 11.6 Å². The minimum atomic E-state index is -0.555. The second kappa shape index (κ2) is 8.91. The molecule has 0 fully saturated rings. The number of hydrogen-bond donors (Lipinski definition) is 0. The Morgan fingerprint density at radius 3 is 2.78 bits per heavy atom. The number of halogens is 2. The fourth-order valence-electron chi connectivity index (χ4n) is 2.10. The van der Waals surface area contributed by atoms with Crippen molar-refractivity contribution >= 4 is 23.6 Å². The van der Waals surface area contributed by atoms with Crippen molar-refractivity contribution in [2.45, 2.75) is 6.61 Å². The van der Waals surface area contributed by atoms with Gasteiger partial charge in [0.2, 0.25) is 0 Å². The predicted molar refractivity (Wildman–Crippen MR) is 98.8 cm³/mol. The van der Waals surface area contributed by atoms with Crippen LogP contribution in [0.4, 0.5) is 4.39 Å². The van der Waals surface area contributed by atoms with E-state index in [2.05, 4.69) is 9.97 Å². The van der Waals surface area contributed by atoms with Crippen molar-refractivity contribution in [2.24, 2.45) is 0 Å². The van der Waals surface area contributed by atoms with Crippen LogP contribution in [0.3, 0.4) is 0 Å². The summed E-state index contributed by atoms with van der Waals surface area (Å²) in [4.78, 5) is 19.6. The van der Waals surface area contributed by atoms with Crippen molar-refractivity contribution in [3.63, 3.8) is 0 Å². The van der Waals surface area contributed by atoms with Gasteiger partial charge in [0.25, 0.3) is 0 Å². The maximum Gasteiger partial charge on any atom is 0.331 e. The largest absolute Gasteiger partial charge is 0.458 e. The van der Waals surface area contributed by atoms with Gasteiger partial charge in [-0.25, -0.2) is 14.2 Å². The van der Waals surface area contributed by atoms with Crippen molar-refractivity contribution in [1.82, 2.24) is 9.97 Å². The third-order valence-corrected chi connectivity index (χ3v) is 3.62. The average molecular weight is 385 g/mol. The van der Waals surface area contributed by atoms with E-state index in [9.17, 15) is 9.18 Å². The van der Waals surface area contributed by atoms with Crippen LogP contribution in [-0.4, -0.2) is 15.9 Å². The molecule has 27 heavy (non-hydrogen) atoms. The molecule has 0 radical (unpaired) electrons. The monoisotopic (exact) mass is 384 g/mol. The van der Waals surface area contributed by atoms with E-state index in [0.29, 0.717) is 22.0 Å². The first-order chi connectivity index (χ1) is 13.1. The fourth-order valence-corrected chi connectivity index (χ4v) is 2.21. The molecule has 0 spiro atoms. The maximum absolute atomic E-state index is 14.1. The molecule has 7 heteroatoms. The molecule has 0 saturated heterocycles. The van der Waals surface area contributed by atoms with Gasteiger partial charge in [-0.2, -0.15) is 0 Å². The second-order valence-electron chi connectivity index (χ2n) is 5.41. The Balaban J connectivity index is 1.57. The first-order valence-electron chi connectivity index (χ1n) is 7.93. The molecule has 0 aliphatic carbocycles. The van der Waals surface area contributed by atoms with E-state index in [1.54, 1.807) is 36.5 Å². The smallest absolute Gasteiger partial charge is 0.331 e. The van der Waals surface area contributed by atoms with Crippen molar-refractivity contribution in [3.05, 3.63) is 89.2 Å². The maximum atomic E-state index is 14.1. The number of pyridine rings is 2. The predicted octanol–water partition coefficient (Wildman–Crippen LogP) is 4.82. The number of rotatable bonds is 6. The fraction of sp³-hybridized carbons (Fsp3) is 0.0500. The zero-order chi connectivity index (χ0) is 19.1. The lowest BCUT2D eigenvalue weighted by atomic mass is 10.2. The highest BCUT2D eigenvalue weighted by Crippen LogP contribution is 2.24. The Morgan fingerprint density at radius 1 is 1.19 bits per heavy atom. The topological polar surface area (TPSA) is 61.3 Å². The minimum absolute atomic E-state index is 0.0676. The molecule has 0 N–H and O–H groups in total. The quantitative estimate of drug-likeness (QED) is 0.346. The lowest BCUT2D eigenvalue weighted by Gasteiger charge is -2.06. The number of hydrogen-bond acceptors (Lipinski definition) is 5. The summed E-state index contributed by atoms with van der Waals surface area (Å²) < 4.78 is 24.7. The highest BCUT2D eigenvalue weighted by Gasteiger charge is 2.06. The van der Waals surface area contributed by atoms with Gasteiger partial charge < -0.3 is 9.47 Å². The summed E-state index contributed by atoms with van der Waals surface area (Å²) in [5.41, 5.74) is 1.21. The molecule has 0 bridgehead atoms. The van der Waals surface area contributed by atoms with Crippen LogP contribution in [0, 0.1) is 5.82 Å². The normalized spacial score (nSPS) is 10.7. The molecule has 0 saturated carbocycles. The molecule has 0 aliphatic heterocycles. The van der Waals surface area contributed by atoms with Crippen LogP contribution in [0.1, 0.15) is 11.1 Å². The van der Waals surface area contributed by atoms with Gasteiger partial charge in [0.05, 0.1) is 6.20 Å². The molecular weight excluding hydrogens is 371 g/mol. The van der Waals surface area contributed by atoms with Crippen molar-refractivity contribution in [2.75, 3.05) is 0 Å². The van der Waals surface area contributed by atoms with E-state index < -0.39 is 11.8 Å². The number of carbonyl (C=O) groups is 1. The van der Waals surface area contributed by atoms with Gasteiger partial charge >= 0.3 is 5.97 Å². The van der Waals surface area contributed by atoms with Gasteiger partial charge in [0.1, 0.15) is 17.5 Å². The Labute approximate surface area is 160 Å². The van der Waals surface area contributed by atoms with Gasteiger partial charge in [-0.3, -0.25) is 4.98 Å². The molecule has 2 aromatic heterocycles. The first kappa shape index (κ1) is 18.5. The highest BCUT2D eigenvalue weighted by molar-refractivity contribution is 6.29. The summed E-state index contributed by atoms with van der Waals surface area (Å²) >= 11 is 5.69. The van der Waals surface area contributed by atoms with Gasteiger partial charge in [-0.1, -0.05) is 23.7 Å². The van der Waals surface area contributed by atoms with Crippen LogP contribution in [0.25, 0.3) is 6.08 Å². The number of ether oxygens (including phenoxy) is 2. The molecule has 0 aliphatic rings. The number of esters is 1. The molecular formula is C20H14ClFN2O3. The van der Waals surface area contributed by atoms with Crippen molar-refractivity contribution < 1.29 is 18.7 Å². The molecule has 1 aromatic carbocycles. The Morgan fingerprint density at radius 2 is 2.07 bits per heavy atom. The summed E-state index contributed by atoms with van der Waals surface area (Å²) in [5.74, 6) is -0.611. The third kappa shape index (κ3) is 5.62. The summed E-state index contributed by atoms with van der Waals surface area (Å²) in [6.45, 7) is 0.0690. The van der Waals surface area contributed by atoms with Crippen molar-refractivity contribution in [3.8, 4) is 11.5 Å². The lowest BCUT2D eigenvalue weighted by molar-refractivity contribution is -0.138. The summed E-state index contributed by atoms with van der Waals surface area (Å²) in [6, 6.07) is 11.1. The highest BCUT2D eigenvalue weighted by atomic mass is 35.5. The SMILES string of the molecule is O=C(/C=C/c1ccc(Oc2cccnc2)c(F)c1)OCc1ccc(Cl)nc1. The molecule has 0 amide bonds. The van der Waals surface area contributed by atoms with Crippen LogP contribution in [-0.2, 0) is 16.1 Å². The van der Waals surface area contributed by atoms with E-state index in [0.717, 1.165) is 0 Å². The molecule has 5 nitrogen and oxygen atoms in total. The molecule has 2 heterocycles. The molecule has 136 valence electrons. The van der Waals surface area contributed by atoms with E-state index in [1.807, 2.05) is 0 Å². The van der Waals surface area contributed by atoms with Crippen LogP contribution in [0.5, 0.6) is 11.5 Å². The first-order valence-corrected chi connectivity index (χ1v) is 8.30. The lowest BCUT2D eigenvalue weighted by Crippen LogP contribution is -2.01. The van der Waals surface area contributed by atoms with Crippen LogP contribution < -0.4 is 4.74 Å². The van der Waals surface area contributed by atoms with E-state index in [-0.39, 0.29) is 12.4 Å². The number of carbonyl (C=O) groups excluding carboxylic acids is 1. The molecule has 3 aromatic rings. The Kier molecular flexibility index (Phi) is 6.12. The Hall–Kier alpha value is -3.25. The summed E-state index contributed by atoms with van der Waals surface area (Å²) in [6.07, 6.45) is 7.29. The molecule has 0 atom stereocenters. The summed E-state index contributed by atoms with van der Waals surface area (Å²) in [7, 11) is 0. The van der Waals surface area contributed by atoms with E-state index >= 15 is 0 Å². The number of benzene rings is 1. The summed E-state index contributed by atoms with van der Waals surface area (Å²) in [5, 5.41) is 0.364. The number of nitrogens with zero attached hydrogens (tertiary/aromatic N) is 2. The van der Waals surface area contributed by atoms with Crippen LogP contribution >= 0.6 is 11.6 Å². The van der Waals surface area contributed by atoms with E-state index in [4.69, 9.17) is 21.1 Å². The zero-order valence-electron chi connectivity index (χ0n) is 14.0. The standard InChI is InChI=1S/C20H14ClFN2O3/c21-19-7-4-15(11-24-19)13-26-20(25)8-5-14-3-6-18(17(22)10-14)27-16-2-1-9-23-12-16/h1-12H,13H2/b8-5+. The number of aromatic nitrogens is 2. The minimum Gasteiger partial charge on any atom is -0.458 e. The van der Waals surface area contributed by atoms with Gasteiger partial charge in [-0.15, -0.1) is 0 Å². The van der Waals surface area contributed by atoms with Crippen LogP contribution in [0.15, 0.2) is 67.1 Å². The zero-order valence-corrected chi connectivity index (χ0v) is 14.8. The van der Waals surface area contributed by atoms with Gasteiger partial charge in [-0.05, 0) is 42.0 Å². The molecule has 3 rings (SSSR count).